The Labute approximate surface area is 150 Å². The van der Waals surface area contributed by atoms with Gasteiger partial charge in [0.15, 0.2) is 0 Å². The number of rotatable bonds is 8. The number of benzene rings is 1. The van der Waals surface area contributed by atoms with Gasteiger partial charge in [0.1, 0.15) is 0 Å². The van der Waals surface area contributed by atoms with E-state index in [1.165, 1.54) is 0 Å². The molecule has 1 heterocycles. The van der Waals surface area contributed by atoms with Crippen LogP contribution < -0.4 is 5.32 Å². The number of amides is 2. The van der Waals surface area contributed by atoms with Crippen molar-refractivity contribution in [2.75, 3.05) is 46.4 Å². The normalized spacial score (nSPS) is 18.2. The van der Waals surface area contributed by atoms with Crippen molar-refractivity contribution in [1.29, 1.82) is 0 Å². The smallest absolute Gasteiger partial charge is 0.251 e. The van der Waals surface area contributed by atoms with Crippen LogP contribution in [0, 0.1) is 0 Å². The molecule has 0 radical (unpaired) electrons. The summed E-state index contributed by atoms with van der Waals surface area (Å²) in [5.74, 6) is -0.0255. The molecule has 0 saturated carbocycles. The third-order valence-corrected chi connectivity index (χ3v) is 4.67. The van der Waals surface area contributed by atoms with Gasteiger partial charge < -0.3 is 15.0 Å². The molecule has 1 fully saturated rings. The summed E-state index contributed by atoms with van der Waals surface area (Å²) in [6.45, 7) is 6.52. The SMILES string of the molecule is CC[C@@H]1CN(C(=O)CCNC(=O)c2ccccc2)CCN1CCOC. The Morgan fingerprint density at radius 1 is 1.24 bits per heavy atom. The van der Waals surface area contributed by atoms with Crippen LogP contribution in [0.3, 0.4) is 0 Å². The van der Waals surface area contributed by atoms with Gasteiger partial charge in [0.05, 0.1) is 6.61 Å². The Balaban J connectivity index is 1.75. The number of methoxy groups -OCH3 is 1. The van der Waals surface area contributed by atoms with Crippen LogP contribution in [-0.2, 0) is 9.53 Å². The summed E-state index contributed by atoms with van der Waals surface area (Å²) in [6.07, 6.45) is 1.35. The molecule has 1 aromatic rings. The highest BCUT2D eigenvalue weighted by molar-refractivity contribution is 5.94. The zero-order valence-electron chi connectivity index (χ0n) is 15.2. The van der Waals surface area contributed by atoms with Crippen molar-refractivity contribution in [3.05, 3.63) is 35.9 Å². The van der Waals surface area contributed by atoms with Gasteiger partial charge in [0.2, 0.25) is 5.91 Å². The highest BCUT2D eigenvalue weighted by Gasteiger charge is 2.27. The van der Waals surface area contributed by atoms with Gasteiger partial charge in [0, 0.05) is 57.9 Å². The summed E-state index contributed by atoms with van der Waals surface area (Å²) in [6, 6.07) is 9.44. The van der Waals surface area contributed by atoms with E-state index < -0.39 is 0 Å². The first-order chi connectivity index (χ1) is 12.2. The summed E-state index contributed by atoms with van der Waals surface area (Å²) in [5.41, 5.74) is 0.618. The lowest BCUT2D eigenvalue weighted by molar-refractivity contribution is -0.134. The first kappa shape index (κ1) is 19.4. The monoisotopic (exact) mass is 347 g/mol. The average Bonchev–Trinajstić information content (AvgIpc) is 2.66. The van der Waals surface area contributed by atoms with E-state index in [2.05, 4.69) is 17.1 Å². The minimum atomic E-state index is -0.135. The Bertz CT molecular complexity index is 550. The largest absolute Gasteiger partial charge is 0.383 e. The molecule has 2 amide bonds. The third-order valence-electron chi connectivity index (χ3n) is 4.67. The number of nitrogens with zero attached hydrogens (tertiary/aromatic N) is 2. The van der Waals surface area contributed by atoms with Gasteiger partial charge in [-0.25, -0.2) is 0 Å². The maximum atomic E-state index is 12.4. The maximum Gasteiger partial charge on any atom is 0.251 e. The maximum absolute atomic E-state index is 12.4. The second-order valence-electron chi connectivity index (χ2n) is 6.30. The lowest BCUT2D eigenvalue weighted by atomic mass is 10.1. The average molecular weight is 347 g/mol. The summed E-state index contributed by atoms with van der Waals surface area (Å²) in [4.78, 5) is 28.7. The fraction of sp³-hybridized carbons (Fsp3) is 0.579. The number of carbonyl (C=O) groups is 2. The molecule has 1 N–H and O–H groups in total. The van der Waals surface area contributed by atoms with Crippen LogP contribution in [-0.4, -0.2) is 74.1 Å². The molecule has 1 aliphatic rings. The molecule has 6 nitrogen and oxygen atoms in total. The van der Waals surface area contributed by atoms with Gasteiger partial charge in [0.25, 0.3) is 5.91 Å². The molecule has 138 valence electrons. The van der Waals surface area contributed by atoms with Crippen molar-refractivity contribution >= 4 is 11.8 Å². The molecule has 1 aliphatic heterocycles. The second kappa shape index (κ2) is 10.2. The van der Waals surface area contributed by atoms with E-state index in [1.54, 1.807) is 19.2 Å². The van der Waals surface area contributed by atoms with Crippen LogP contribution in [0.1, 0.15) is 30.1 Å². The van der Waals surface area contributed by atoms with Gasteiger partial charge in [-0.1, -0.05) is 25.1 Å². The van der Waals surface area contributed by atoms with Crippen LogP contribution in [0.4, 0.5) is 0 Å². The van der Waals surface area contributed by atoms with Gasteiger partial charge in [-0.05, 0) is 18.6 Å². The molecule has 0 spiro atoms. The van der Waals surface area contributed by atoms with Gasteiger partial charge in [-0.3, -0.25) is 14.5 Å². The standard InChI is InChI=1S/C19H29N3O3/c1-3-17-15-22(12-11-21(17)13-14-25-2)18(23)9-10-20-19(24)16-7-5-4-6-8-16/h4-8,17H,3,9-15H2,1-2H3,(H,20,24)/t17-/m1/s1. The lowest BCUT2D eigenvalue weighted by Crippen LogP contribution is -2.55. The van der Waals surface area contributed by atoms with Crippen LogP contribution >= 0.6 is 0 Å². The Hall–Kier alpha value is -1.92. The third kappa shape index (κ3) is 5.83. The molecule has 1 aromatic carbocycles. The topological polar surface area (TPSA) is 61.9 Å². The molecule has 2 rings (SSSR count). The molecular formula is C19H29N3O3. The van der Waals surface area contributed by atoms with Gasteiger partial charge in [-0.15, -0.1) is 0 Å². The lowest BCUT2D eigenvalue weighted by Gasteiger charge is -2.41. The Kier molecular flexibility index (Phi) is 7.88. The summed E-state index contributed by atoms with van der Waals surface area (Å²) >= 11 is 0. The van der Waals surface area contributed by atoms with Crippen molar-refractivity contribution in [2.24, 2.45) is 0 Å². The quantitative estimate of drug-likeness (QED) is 0.772. The van der Waals surface area contributed by atoms with Crippen LogP contribution in [0.25, 0.3) is 0 Å². The zero-order chi connectivity index (χ0) is 18.1. The predicted molar refractivity (Wildman–Crippen MR) is 97.5 cm³/mol. The van der Waals surface area contributed by atoms with Crippen molar-refractivity contribution in [3.8, 4) is 0 Å². The first-order valence-electron chi connectivity index (χ1n) is 8.99. The zero-order valence-corrected chi connectivity index (χ0v) is 15.2. The van der Waals surface area contributed by atoms with Crippen molar-refractivity contribution in [3.63, 3.8) is 0 Å². The van der Waals surface area contributed by atoms with Crippen molar-refractivity contribution in [1.82, 2.24) is 15.1 Å². The van der Waals surface area contributed by atoms with Crippen LogP contribution in [0.2, 0.25) is 0 Å². The fourth-order valence-corrected chi connectivity index (χ4v) is 3.14. The van der Waals surface area contributed by atoms with Gasteiger partial charge >= 0.3 is 0 Å². The summed E-state index contributed by atoms with van der Waals surface area (Å²) < 4.78 is 5.16. The molecular weight excluding hydrogens is 318 g/mol. The number of nitrogens with one attached hydrogen (secondary N) is 1. The van der Waals surface area contributed by atoms with E-state index in [1.807, 2.05) is 23.1 Å². The minimum absolute atomic E-state index is 0.109. The molecule has 1 atom stereocenters. The van der Waals surface area contributed by atoms with Crippen molar-refractivity contribution < 1.29 is 14.3 Å². The molecule has 0 aromatic heterocycles. The number of hydrogen-bond acceptors (Lipinski definition) is 4. The van der Waals surface area contributed by atoms with Gasteiger partial charge in [-0.2, -0.15) is 0 Å². The summed E-state index contributed by atoms with van der Waals surface area (Å²) in [5, 5.41) is 2.82. The number of carbonyl (C=O) groups excluding carboxylic acids is 2. The Morgan fingerprint density at radius 3 is 2.68 bits per heavy atom. The number of piperazine rings is 1. The fourth-order valence-electron chi connectivity index (χ4n) is 3.14. The highest BCUT2D eigenvalue weighted by Crippen LogP contribution is 2.13. The Morgan fingerprint density at radius 2 is 2.00 bits per heavy atom. The second-order valence-corrected chi connectivity index (χ2v) is 6.30. The van der Waals surface area contributed by atoms with Crippen LogP contribution in [0.15, 0.2) is 30.3 Å². The summed E-state index contributed by atoms with van der Waals surface area (Å²) in [7, 11) is 1.71. The number of ether oxygens (including phenoxy) is 1. The van der Waals surface area contributed by atoms with E-state index in [0.29, 0.717) is 24.6 Å². The molecule has 6 heteroatoms. The van der Waals surface area contributed by atoms with E-state index in [-0.39, 0.29) is 11.8 Å². The van der Waals surface area contributed by atoms with E-state index in [9.17, 15) is 9.59 Å². The molecule has 1 saturated heterocycles. The van der Waals surface area contributed by atoms with Crippen LogP contribution in [0.5, 0.6) is 0 Å². The minimum Gasteiger partial charge on any atom is -0.383 e. The molecule has 0 aliphatic carbocycles. The number of hydrogen-bond donors (Lipinski definition) is 1. The van der Waals surface area contributed by atoms with E-state index >= 15 is 0 Å². The predicted octanol–water partition coefficient (Wildman–Crippen LogP) is 1.38. The van der Waals surface area contributed by atoms with Crippen molar-refractivity contribution in [2.45, 2.75) is 25.8 Å². The van der Waals surface area contributed by atoms with E-state index in [0.717, 1.165) is 39.2 Å². The highest BCUT2D eigenvalue weighted by atomic mass is 16.5. The first-order valence-corrected chi connectivity index (χ1v) is 8.99. The molecule has 25 heavy (non-hydrogen) atoms. The molecule has 0 unspecified atom stereocenters. The molecule has 0 bridgehead atoms. The van der Waals surface area contributed by atoms with E-state index in [4.69, 9.17) is 4.74 Å².